The van der Waals surface area contributed by atoms with Crippen molar-refractivity contribution >= 4 is 49.9 Å². The van der Waals surface area contributed by atoms with Crippen LogP contribution in [0.25, 0.3) is 16.7 Å². The highest BCUT2D eigenvalue weighted by atomic mass is 79.9. The van der Waals surface area contributed by atoms with Crippen LogP contribution in [-0.4, -0.2) is 26.6 Å². The van der Waals surface area contributed by atoms with Crippen LogP contribution >= 0.6 is 15.9 Å². The number of rotatable bonds is 3. The number of ketones is 2. The van der Waals surface area contributed by atoms with Crippen LogP contribution in [0, 0.1) is 0 Å². The van der Waals surface area contributed by atoms with Crippen LogP contribution in [0.2, 0.25) is 0 Å². The molecule has 1 aliphatic carbocycles. The molecule has 3 aromatic carbocycles. The van der Waals surface area contributed by atoms with Crippen LogP contribution < -0.4 is 5.32 Å². The van der Waals surface area contributed by atoms with Gasteiger partial charge in [-0.05, 0) is 30.3 Å². The summed E-state index contributed by atoms with van der Waals surface area (Å²) in [6, 6.07) is 21.5. The van der Waals surface area contributed by atoms with Crippen molar-refractivity contribution in [1.29, 1.82) is 0 Å². The third kappa shape index (κ3) is 2.87. The van der Waals surface area contributed by atoms with Crippen molar-refractivity contribution in [2.75, 3.05) is 5.32 Å². The summed E-state index contributed by atoms with van der Waals surface area (Å²) in [5, 5.41) is 11.5. The van der Waals surface area contributed by atoms with E-state index in [2.05, 4.69) is 31.6 Å². The normalized spacial score (nSPS) is 13.7. The zero-order valence-corrected chi connectivity index (χ0v) is 16.6. The zero-order chi connectivity index (χ0) is 20.0. The number of allylic oxidation sites excluding steroid dienone is 2. The van der Waals surface area contributed by atoms with Gasteiger partial charge in [-0.3, -0.25) is 9.59 Å². The molecule has 0 fully saturated rings. The van der Waals surface area contributed by atoms with Crippen LogP contribution in [-0.2, 0) is 0 Å². The molecule has 0 spiro atoms. The van der Waals surface area contributed by atoms with E-state index in [4.69, 9.17) is 0 Å². The number of fused-ring (bicyclic) bond motifs is 2. The molecule has 1 aromatic heterocycles. The lowest BCUT2D eigenvalue weighted by Crippen LogP contribution is -2.28. The minimum Gasteiger partial charge on any atom is -0.350 e. The van der Waals surface area contributed by atoms with E-state index in [1.54, 1.807) is 24.3 Å². The SMILES string of the molecule is O=C1C(Nc2cccc(Br)c2)=C(n2nnc3ccccc32)C(=O)c2ccccc21. The lowest BCUT2D eigenvalue weighted by atomic mass is 9.90. The van der Waals surface area contributed by atoms with Crippen molar-refractivity contribution in [2.45, 2.75) is 0 Å². The molecule has 140 valence electrons. The Morgan fingerprint density at radius 3 is 2.34 bits per heavy atom. The molecule has 4 aromatic rings. The van der Waals surface area contributed by atoms with E-state index >= 15 is 0 Å². The third-order valence-electron chi connectivity index (χ3n) is 4.75. The molecule has 0 radical (unpaired) electrons. The standard InChI is InChI=1S/C22H13BrN4O2/c23-13-6-5-7-14(12-13)24-19-20(27-18-11-4-3-10-17(18)25-26-27)22(29)16-9-2-1-8-15(16)21(19)28/h1-12,24H. The number of Topliss-reactive ketones (excluding diaryl/α,β-unsaturated/α-hetero) is 2. The van der Waals surface area contributed by atoms with Gasteiger partial charge in [0, 0.05) is 21.3 Å². The lowest BCUT2D eigenvalue weighted by Gasteiger charge is -2.22. The molecular formula is C22H13BrN4O2. The summed E-state index contributed by atoms with van der Waals surface area (Å²) >= 11 is 3.43. The van der Waals surface area contributed by atoms with E-state index in [1.807, 2.05) is 48.5 Å². The fraction of sp³-hybridized carbons (Fsp3) is 0. The lowest BCUT2D eigenvalue weighted by molar-refractivity contribution is 0.0988. The molecule has 0 aliphatic heterocycles. The minimum absolute atomic E-state index is 0.155. The molecule has 5 rings (SSSR count). The molecule has 0 saturated carbocycles. The smallest absolute Gasteiger partial charge is 0.214 e. The number of carbonyl (C=O) groups excluding carboxylic acids is 2. The summed E-state index contributed by atoms with van der Waals surface area (Å²) in [4.78, 5) is 26.8. The topological polar surface area (TPSA) is 76.9 Å². The van der Waals surface area contributed by atoms with E-state index in [-0.39, 0.29) is 23.0 Å². The fourth-order valence-electron chi connectivity index (χ4n) is 3.43. The van der Waals surface area contributed by atoms with Gasteiger partial charge in [-0.15, -0.1) is 5.10 Å². The summed E-state index contributed by atoms with van der Waals surface area (Å²) < 4.78 is 2.29. The maximum atomic E-state index is 13.4. The Balaban J connectivity index is 1.77. The van der Waals surface area contributed by atoms with E-state index in [0.29, 0.717) is 27.8 Å². The summed E-state index contributed by atoms with van der Waals surface area (Å²) in [7, 11) is 0. The first-order chi connectivity index (χ1) is 14.1. The predicted octanol–water partition coefficient (Wildman–Crippen LogP) is 4.55. The Labute approximate surface area is 174 Å². The fourth-order valence-corrected chi connectivity index (χ4v) is 3.82. The average molecular weight is 445 g/mol. The Hall–Kier alpha value is -3.58. The van der Waals surface area contributed by atoms with E-state index in [0.717, 1.165) is 4.47 Å². The zero-order valence-electron chi connectivity index (χ0n) is 15.0. The number of benzene rings is 3. The van der Waals surface area contributed by atoms with E-state index < -0.39 is 0 Å². The van der Waals surface area contributed by atoms with E-state index in [1.165, 1.54) is 4.68 Å². The molecule has 1 N–H and O–H groups in total. The van der Waals surface area contributed by atoms with Crippen LogP contribution in [0.5, 0.6) is 0 Å². The Kier molecular flexibility index (Phi) is 4.10. The first-order valence-corrected chi connectivity index (χ1v) is 9.69. The number of anilines is 1. The molecule has 0 amide bonds. The van der Waals surface area contributed by atoms with Crippen molar-refractivity contribution < 1.29 is 9.59 Å². The van der Waals surface area contributed by atoms with Gasteiger partial charge in [0.15, 0.2) is 0 Å². The van der Waals surface area contributed by atoms with Gasteiger partial charge in [0.05, 0.1) is 5.52 Å². The molecule has 1 aliphatic rings. The second-order valence-electron chi connectivity index (χ2n) is 6.55. The molecule has 1 heterocycles. The molecule has 0 unspecified atom stereocenters. The number of aromatic nitrogens is 3. The summed E-state index contributed by atoms with van der Waals surface area (Å²) in [6.07, 6.45) is 0. The quantitative estimate of drug-likeness (QED) is 0.501. The van der Waals surface area contributed by atoms with Gasteiger partial charge < -0.3 is 5.32 Å². The van der Waals surface area contributed by atoms with Crippen molar-refractivity contribution in [2.24, 2.45) is 0 Å². The Morgan fingerprint density at radius 2 is 1.55 bits per heavy atom. The van der Waals surface area contributed by atoms with Gasteiger partial charge in [-0.25, -0.2) is 4.68 Å². The summed E-state index contributed by atoms with van der Waals surface area (Å²) in [5.74, 6) is -0.553. The molecule has 6 nitrogen and oxygen atoms in total. The number of nitrogens with one attached hydrogen (secondary N) is 1. The maximum absolute atomic E-state index is 13.4. The highest BCUT2D eigenvalue weighted by Crippen LogP contribution is 2.31. The number of nitrogens with zero attached hydrogens (tertiary/aromatic N) is 3. The van der Waals surface area contributed by atoms with Gasteiger partial charge in [0.1, 0.15) is 16.9 Å². The van der Waals surface area contributed by atoms with Crippen molar-refractivity contribution in [3.63, 3.8) is 0 Å². The first kappa shape index (κ1) is 17.5. The van der Waals surface area contributed by atoms with Gasteiger partial charge >= 0.3 is 0 Å². The predicted molar refractivity (Wildman–Crippen MR) is 114 cm³/mol. The molecule has 0 saturated heterocycles. The van der Waals surface area contributed by atoms with Crippen LogP contribution in [0.3, 0.4) is 0 Å². The first-order valence-electron chi connectivity index (χ1n) is 8.89. The number of hydrogen-bond acceptors (Lipinski definition) is 5. The van der Waals surface area contributed by atoms with Gasteiger partial charge in [0.25, 0.3) is 0 Å². The monoisotopic (exact) mass is 444 g/mol. The Bertz CT molecular complexity index is 1340. The summed E-state index contributed by atoms with van der Waals surface area (Å²) in [6.45, 7) is 0. The molecule has 29 heavy (non-hydrogen) atoms. The highest BCUT2D eigenvalue weighted by Gasteiger charge is 2.34. The van der Waals surface area contributed by atoms with Crippen molar-refractivity contribution in [3.8, 4) is 0 Å². The second kappa shape index (κ2) is 6.79. The maximum Gasteiger partial charge on any atom is 0.214 e. The highest BCUT2D eigenvalue weighted by molar-refractivity contribution is 9.10. The van der Waals surface area contributed by atoms with Crippen LogP contribution in [0.15, 0.2) is 83.0 Å². The molecule has 0 atom stereocenters. The van der Waals surface area contributed by atoms with Crippen molar-refractivity contribution in [1.82, 2.24) is 15.0 Å². The average Bonchev–Trinajstić information content (AvgIpc) is 3.16. The van der Waals surface area contributed by atoms with Crippen LogP contribution in [0.1, 0.15) is 20.7 Å². The number of halogens is 1. The van der Waals surface area contributed by atoms with Crippen molar-refractivity contribution in [3.05, 3.63) is 94.1 Å². The molecular weight excluding hydrogens is 432 g/mol. The number of carbonyl (C=O) groups is 2. The minimum atomic E-state index is -0.284. The molecule has 0 bridgehead atoms. The third-order valence-corrected chi connectivity index (χ3v) is 5.25. The second-order valence-corrected chi connectivity index (χ2v) is 7.47. The van der Waals surface area contributed by atoms with Crippen LogP contribution in [0.4, 0.5) is 5.69 Å². The molecule has 7 heteroatoms. The van der Waals surface area contributed by atoms with Gasteiger partial charge in [-0.1, -0.05) is 63.6 Å². The number of hydrogen-bond donors (Lipinski definition) is 1. The van der Waals surface area contributed by atoms with Gasteiger partial charge in [-0.2, -0.15) is 0 Å². The van der Waals surface area contributed by atoms with E-state index in [9.17, 15) is 9.59 Å². The van der Waals surface area contributed by atoms with Gasteiger partial charge in [0.2, 0.25) is 11.6 Å². The largest absolute Gasteiger partial charge is 0.350 e. The Morgan fingerprint density at radius 1 is 0.828 bits per heavy atom. The summed E-state index contributed by atoms with van der Waals surface area (Å²) in [5.41, 5.74) is 3.01. The number of para-hydroxylation sites is 1.